The van der Waals surface area contributed by atoms with E-state index < -0.39 is 0 Å². The van der Waals surface area contributed by atoms with E-state index in [4.69, 9.17) is 9.47 Å². The Labute approximate surface area is 136 Å². The van der Waals surface area contributed by atoms with Crippen LogP contribution in [0.4, 0.5) is 0 Å². The fourth-order valence-electron chi connectivity index (χ4n) is 2.89. The normalized spacial score (nSPS) is 23.2. The molecular formula is C17H26BrNO2. The van der Waals surface area contributed by atoms with Crippen LogP contribution in [0.5, 0.6) is 5.75 Å². The van der Waals surface area contributed by atoms with Gasteiger partial charge in [0.1, 0.15) is 5.75 Å². The first-order valence-electron chi connectivity index (χ1n) is 7.85. The Hall–Kier alpha value is -0.580. The number of methoxy groups -OCH3 is 1. The lowest BCUT2D eigenvalue weighted by molar-refractivity contribution is 0.0321. The summed E-state index contributed by atoms with van der Waals surface area (Å²) in [6, 6.07) is 6.70. The van der Waals surface area contributed by atoms with Gasteiger partial charge in [-0.25, -0.2) is 0 Å². The Morgan fingerprint density at radius 1 is 1.43 bits per heavy atom. The fraction of sp³-hybridized carbons (Fsp3) is 0.647. The molecule has 1 saturated heterocycles. The summed E-state index contributed by atoms with van der Waals surface area (Å²) in [6.07, 6.45) is 5.17. The summed E-state index contributed by atoms with van der Waals surface area (Å²) in [4.78, 5) is 0. The van der Waals surface area contributed by atoms with Crippen LogP contribution < -0.4 is 10.1 Å². The minimum Gasteiger partial charge on any atom is -0.496 e. The average Bonchev–Trinajstić information content (AvgIpc) is 2.90. The summed E-state index contributed by atoms with van der Waals surface area (Å²) >= 11 is 3.57. The molecule has 0 bridgehead atoms. The highest BCUT2D eigenvalue weighted by molar-refractivity contribution is 9.10. The highest BCUT2D eigenvalue weighted by Crippen LogP contribution is 2.28. The van der Waals surface area contributed by atoms with Crippen molar-refractivity contribution in [1.82, 2.24) is 5.32 Å². The Bertz CT molecular complexity index is 452. The van der Waals surface area contributed by atoms with Gasteiger partial charge in [0.05, 0.1) is 23.8 Å². The Morgan fingerprint density at radius 3 is 2.81 bits per heavy atom. The summed E-state index contributed by atoms with van der Waals surface area (Å²) in [7, 11) is 1.69. The largest absolute Gasteiger partial charge is 0.496 e. The van der Waals surface area contributed by atoms with Gasteiger partial charge in [-0.3, -0.25) is 0 Å². The lowest BCUT2D eigenvalue weighted by atomic mass is 9.99. The maximum atomic E-state index is 6.07. The van der Waals surface area contributed by atoms with E-state index in [1.165, 1.54) is 12.0 Å². The van der Waals surface area contributed by atoms with E-state index in [1.807, 2.05) is 6.07 Å². The zero-order valence-electron chi connectivity index (χ0n) is 13.2. The van der Waals surface area contributed by atoms with E-state index in [0.717, 1.165) is 36.0 Å². The van der Waals surface area contributed by atoms with E-state index in [1.54, 1.807) is 7.11 Å². The highest BCUT2D eigenvalue weighted by Gasteiger charge is 2.29. The van der Waals surface area contributed by atoms with Gasteiger partial charge >= 0.3 is 0 Å². The Kier molecular flexibility index (Phi) is 6.52. The molecule has 1 heterocycles. The molecule has 21 heavy (non-hydrogen) atoms. The SMILES string of the molecule is CCCNC(Cc1ccc(OC)c(Br)c1)C1CCC(C)O1. The van der Waals surface area contributed by atoms with Crippen molar-refractivity contribution in [2.45, 2.75) is 57.8 Å². The number of halogens is 1. The lowest BCUT2D eigenvalue weighted by Crippen LogP contribution is -2.42. The molecule has 0 amide bonds. The van der Waals surface area contributed by atoms with Crippen LogP contribution in [0.3, 0.4) is 0 Å². The van der Waals surface area contributed by atoms with Gasteiger partial charge in [0.25, 0.3) is 0 Å². The van der Waals surface area contributed by atoms with Gasteiger partial charge < -0.3 is 14.8 Å². The van der Waals surface area contributed by atoms with Crippen LogP contribution in [0, 0.1) is 0 Å². The zero-order valence-corrected chi connectivity index (χ0v) is 14.8. The molecule has 3 unspecified atom stereocenters. The molecular weight excluding hydrogens is 330 g/mol. The van der Waals surface area contributed by atoms with Crippen molar-refractivity contribution in [3.8, 4) is 5.75 Å². The number of hydrogen-bond donors (Lipinski definition) is 1. The Morgan fingerprint density at radius 2 is 2.24 bits per heavy atom. The van der Waals surface area contributed by atoms with Gasteiger partial charge in [0.15, 0.2) is 0 Å². The van der Waals surface area contributed by atoms with Crippen molar-refractivity contribution in [3.05, 3.63) is 28.2 Å². The molecule has 4 heteroatoms. The number of rotatable bonds is 7. The average molecular weight is 356 g/mol. The van der Waals surface area contributed by atoms with Gasteiger partial charge in [-0.2, -0.15) is 0 Å². The van der Waals surface area contributed by atoms with Crippen LogP contribution in [-0.2, 0) is 11.2 Å². The Balaban J connectivity index is 2.05. The molecule has 3 nitrogen and oxygen atoms in total. The minimum atomic E-state index is 0.326. The van der Waals surface area contributed by atoms with Crippen molar-refractivity contribution in [2.24, 2.45) is 0 Å². The van der Waals surface area contributed by atoms with E-state index in [-0.39, 0.29) is 0 Å². The first kappa shape index (κ1) is 16.8. The summed E-state index contributed by atoms with van der Waals surface area (Å²) in [6.45, 7) is 5.41. The molecule has 0 aromatic heterocycles. The van der Waals surface area contributed by atoms with Crippen molar-refractivity contribution >= 4 is 15.9 Å². The van der Waals surface area contributed by atoms with Gasteiger partial charge in [0.2, 0.25) is 0 Å². The molecule has 0 saturated carbocycles. The van der Waals surface area contributed by atoms with Crippen LogP contribution >= 0.6 is 15.9 Å². The molecule has 1 aliphatic rings. The van der Waals surface area contributed by atoms with Gasteiger partial charge in [-0.1, -0.05) is 13.0 Å². The van der Waals surface area contributed by atoms with E-state index in [2.05, 4.69) is 47.2 Å². The van der Waals surface area contributed by atoms with E-state index in [9.17, 15) is 0 Å². The molecule has 0 radical (unpaired) electrons. The molecule has 1 N–H and O–H groups in total. The maximum Gasteiger partial charge on any atom is 0.133 e. The summed E-state index contributed by atoms with van der Waals surface area (Å²) in [5.74, 6) is 0.877. The molecule has 1 aliphatic heterocycles. The first-order chi connectivity index (χ1) is 10.1. The molecule has 1 aromatic carbocycles. The number of nitrogens with one attached hydrogen (secondary N) is 1. The third-order valence-electron chi connectivity index (χ3n) is 4.04. The third kappa shape index (κ3) is 4.70. The van der Waals surface area contributed by atoms with Crippen molar-refractivity contribution in [3.63, 3.8) is 0 Å². The standard InChI is InChI=1S/C17H26BrNO2/c1-4-9-19-15(17-7-5-12(2)21-17)11-13-6-8-16(20-3)14(18)10-13/h6,8,10,12,15,17,19H,4-5,7,9,11H2,1-3H3. The third-order valence-corrected chi connectivity index (χ3v) is 4.66. The van der Waals surface area contributed by atoms with Crippen LogP contribution in [-0.4, -0.2) is 31.9 Å². The predicted octanol–water partition coefficient (Wildman–Crippen LogP) is 3.94. The van der Waals surface area contributed by atoms with Crippen LogP contribution in [0.2, 0.25) is 0 Å². The van der Waals surface area contributed by atoms with Crippen molar-refractivity contribution in [1.29, 1.82) is 0 Å². The molecule has 0 aliphatic carbocycles. The van der Waals surface area contributed by atoms with Gasteiger partial charge in [-0.05, 0) is 72.8 Å². The molecule has 2 rings (SSSR count). The van der Waals surface area contributed by atoms with Gasteiger partial charge in [-0.15, -0.1) is 0 Å². The maximum absolute atomic E-state index is 6.07. The second-order valence-corrected chi connectivity index (χ2v) is 6.65. The van der Waals surface area contributed by atoms with Crippen LogP contribution in [0.15, 0.2) is 22.7 Å². The number of hydrogen-bond acceptors (Lipinski definition) is 3. The smallest absolute Gasteiger partial charge is 0.133 e. The van der Waals surface area contributed by atoms with Crippen LogP contribution in [0.1, 0.15) is 38.7 Å². The molecule has 3 atom stereocenters. The van der Waals surface area contributed by atoms with Crippen molar-refractivity contribution < 1.29 is 9.47 Å². The number of benzene rings is 1. The second-order valence-electron chi connectivity index (χ2n) is 5.80. The molecule has 0 spiro atoms. The lowest BCUT2D eigenvalue weighted by Gasteiger charge is -2.25. The van der Waals surface area contributed by atoms with E-state index in [0.29, 0.717) is 18.2 Å². The summed E-state index contributed by atoms with van der Waals surface area (Å²) in [5.41, 5.74) is 1.31. The quantitative estimate of drug-likeness (QED) is 0.803. The molecule has 118 valence electrons. The molecule has 1 fully saturated rings. The fourth-order valence-corrected chi connectivity index (χ4v) is 3.47. The highest BCUT2D eigenvalue weighted by atomic mass is 79.9. The second kappa shape index (κ2) is 8.16. The predicted molar refractivity (Wildman–Crippen MR) is 90.0 cm³/mol. The first-order valence-corrected chi connectivity index (χ1v) is 8.64. The summed E-state index contributed by atoms with van der Waals surface area (Å²) < 4.78 is 12.4. The monoisotopic (exact) mass is 355 g/mol. The van der Waals surface area contributed by atoms with E-state index >= 15 is 0 Å². The zero-order chi connectivity index (χ0) is 15.2. The topological polar surface area (TPSA) is 30.5 Å². The summed E-state index contributed by atoms with van der Waals surface area (Å²) in [5, 5.41) is 3.66. The van der Waals surface area contributed by atoms with Crippen LogP contribution in [0.25, 0.3) is 0 Å². The molecule has 1 aromatic rings. The van der Waals surface area contributed by atoms with Crippen molar-refractivity contribution in [2.75, 3.05) is 13.7 Å². The minimum absolute atomic E-state index is 0.326. The van der Waals surface area contributed by atoms with Gasteiger partial charge in [0, 0.05) is 6.04 Å². The number of ether oxygens (including phenoxy) is 2.